The molecule has 0 bridgehead atoms. The zero-order chi connectivity index (χ0) is 28.6. The van der Waals surface area contributed by atoms with Crippen LogP contribution in [0.3, 0.4) is 0 Å². The summed E-state index contributed by atoms with van der Waals surface area (Å²) in [6, 6.07) is 6.27. The van der Waals surface area contributed by atoms with E-state index in [9.17, 15) is 19.5 Å². The number of β-amino-alcohol motifs (C(OH)–C–C–N with tert-alkyl or cyclic N) is 1. The van der Waals surface area contributed by atoms with E-state index in [1.807, 2.05) is 57.5 Å². The van der Waals surface area contributed by atoms with Crippen molar-refractivity contribution >= 4 is 29.1 Å². The molecule has 0 saturated carbocycles. The molecule has 1 fully saturated rings. The molecule has 2 aromatic rings. The summed E-state index contributed by atoms with van der Waals surface area (Å²) in [6.45, 7) is 8.07. The number of aryl methyl sites for hydroxylation is 1. The minimum atomic E-state index is -0.828. The fourth-order valence-electron chi connectivity index (χ4n) is 4.76. The zero-order valence-electron chi connectivity index (χ0n) is 23.4. The van der Waals surface area contributed by atoms with Gasteiger partial charge in [0.05, 0.1) is 22.2 Å². The van der Waals surface area contributed by atoms with Gasteiger partial charge in [-0.3, -0.25) is 14.4 Å². The second-order valence-corrected chi connectivity index (χ2v) is 12.2. The van der Waals surface area contributed by atoms with E-state index in [1.165, 1.54) is 4.90 Å². The van der Waals surface area contributed by atoms with Gasteiger partial charge in [0, 0.05) is 32.5 Å². The Balaban J connectivity index is 1.61. The number of amides is 3. The van der Waals surface area contributed by atoms with Crippen molar-refractivity contribution < 1.29 is 24.6 Å². The van der Waals surface area contributed by atoms with Crippen molar-refractivity contribution in [2.45, 2.75) is 91.0 Å². The third kappa shape index (κ3) is 8.58. The van der Waals surface area contributed by atoms with Crippen LogP contribution in [-0.4, -0.2) is 69.2 Å². The third-order valence-corrected chi connectivity index (χ3v) is 8.00. The first-order valence-electron chi connectivity index (χ1n) is 13.7. The number of unbranched alkanes of at least 4 members (excludes halogenated alkanes) is 3. The van der Waals surface area contributed by atoms with Crippen molar-refractivity contribution in [2.75, 3.05) is 13.2 Å². The van der Waals surface area contributed by atoms with E-state index in [0.717, 1.165) is 34.5 Å². The molecule has 3 amide bonds. The van der Waals surface area contributed by atoms with Gasteiger partial charge < -0.3 is 25.7 Å². The maximum atomic E-state index is 13.6. The van der Waals surface area contributed by atoms with Gasteiger partial charge in [-0.25, -0.2) is 4.98 Å². The van der Waals surface area contributed by atoms with E-state index in [0.29, 0.717) is 25.8 Å². The summed E-state index contributed by atoms with van der Waals surface area (Å²) >= 11 is 1.58. The Hall–Kier alpha value is -2.82. The first kappa shape index (κ1) is 30.7. The molecule has 1 saturated heterocycles. The molecule has 1 aromatic heterocycles. The summed E-state index contributed by atoms with van der Waals surface area (Å²) in [6.07, 6.45) is 2.70. The molecule has 0 spiro atoms. The van der Waals surface area contributed by atoms with Crippen molar-refractivity contribution in [3.63, 3.8) is 0 Å². The topological polar surface area (TPSA) is 132 Å². The van der Waals surface area contributed by atoms with Gasteiger partial charge >= 0.3 is 0 Å². The maximum absolute atomic E-state index is 13.6. The second kappa shape index (κ2) is 14.0. The molecule has 0 unspecified atom stereocenters. The van der Waals surface area contributed by atoms with E-state index in [2.05, 4.69) is 15.6 Å². The number of aliphatic hydroxyl groups excluding tert-OH is 2. The van der Waals surface area contributed by atoms with E-state index in [-0.39, 0.29) is 37.3 Å². The van der Waals surface area contributed by atoms with E-state index >= 15 is 0 Å². The Morgan fingerprint density at radius 3 is 2.44 bits per heavy atom. The van der Waals surface area contributed by atoms with Crippen LogP contribution in [0.1, 0.15) is 70.6 Å². The predicted octanol–water partition coefficient (Wildman–Crippen LogP) is 3.17. The zero-order valence-corrected chi connectivity index (χ0v) is 24.2. The highest BCUT2D eigenvalue weighted by Crippen LogP contribution is 2.28. The number of thiazole rings is 1. The van der Waals surface area contributed by atoms with Crippen molar-refractivity contribution in [1.29, 1.82) is 0 Å². The smallest absolute Gasteiger partial charge is 0.246 e. The molecule has 3 atom stereocenters. The van der Waals surface area contributed by atoms with E-state index in [1.54, 1.807) is 11.3 Å². The Morgan fingerprint density at radius 1 is 1.13 bits per heavy atom. The number of hydrogen-bond donors (Lipinski definition) is 4. The molecule has 2 heterocycles. The number of aromatic nitrogens is 1. The fourth-order valence-corrected chi connectivity index (χ4v) is 5.58. The lowest BCUT2D eigenvalue weighted by atomic mass is 9.85. The van der Waals surface area contributed by atoms with Gasteiger partial charge in [0.1, 0.15) is 12.1 Å². The van der Waals surface area contributed by atoms with Crippen molar-refractivity contribution in [2.24, 2.45) is 5.41 Å². The summed E-state index contributed by atoms with van der Waals surface area (Å²) < 4.78 is 0. The van der Waals surface area contributed by atoms with Crippen LogP contribution in [0.5, 0.6) is 0 Å². The molecule has 10 heteroatoms. The molecular formula is C29H42N4O5S. The van der Waals surface area contributed by atoms with Crippen LogP contribution in [0.25, 0.3) is 10.4 Å². The summed E-state index contributed by atoms with van der Waals surface area (Å²) in [5, 5.41) is 25.1. The number of hydrogen-bond acceptors (Lipinski definition) is 7. The van der Waals surface area contributed by atoms with Gasteiger partial charge in [0.25, 0.3) is 0 Å². The summed E-state index contributed by atoms with van der Waals surface area (Å²) in [4.78, 5) is 46.3. The number of carbonyl (C=O) groups is 3. The lowest BCUT2D eigenvalue weighted by Crippen LogP contribution is -2.57. The molecule has 1 aliphatic rings. The highest BCUT2D eigenvalue weighted by molar-refractivity contribution is 7.13. The van der Waals surface area contributed by atoms with Crippen LogP contribution in [-0.2, 0) is 20.9 Å². The molecule has 9 nitrogen and oxygen atoms in total. The molecular weight excluding hydrogens is 516 g/mol. The molecule has 3 rings (SSSR count). The van der Waals surface area contributed by atoms with Crippen LogP contribution in [0.15, 0.2) is 29.8 Å². The van der Waals surface area contributed by atoms with Crippen LogP contribution >= 0.6 is 11.3 Å². The Kier molecular flexibility index (Phi) is 11.0. The Bertz CT molecular complexity index is 1110. The Labute approximate surface area is 235 Å². The molecule has 1 aromatic carbocycles. The van der Waals surface area contributed by atoms with Crippen LogP contribution in [0, 0.1) is 12.3 Å². The van der Waals surface area contributed by atoms with Gasteiger partial charge in [-0.1, -0.05) is 57.9 Å². The van der Waals surface area contributed by atoms with Crippen LogP contribution in [0.2, 0.25) is 0 Å². The quantitative estimate of drug-likeness (QED) is 0.296. The standard InChI is InChI=1S/C29H42N4O5S/c1-19-25(39-18-31-19)21-12-10-20(11-13-21)16-30-27(37)23-15-22(35)17-33(23)28(38)26(29(2,3)4)32-24(36)9-7-5-6-8-14-34/h10-13,18,22-23,26,34-35H,5-9,14-17H2,1-4H3,(H,30,37)(H,32,36)/t22-,23+,26-/m1/s1. The number of rotatable bonds is 12. The highest BCUT2D eigenvalue weighted by atomic mass is 32.1. The van der Waals surface area contributed by atoms with Crippen molar-refractivity contribution in [3.8, 4) is 10.4 Å². The molecule has 0 aliphatic carbocycles. The van der Waals surface area contributed by atoms with Gasteiger partial charge in [0.2, 0.25) is 17.7 Å². The highest BCUT2D eigenvalue weighted by Gasteiger charge is 2.44. The Morgan fingerprint density at radius 2 is 1.82 bits per heavy atom. The number of nitrogens with one attached hydrogen (secondary N) is 2. The van der Waals surface area contributed by atoms with Gasteiger partial charge in [-0.05, 0) is 36.3 Å². The fraction of sp³-hybridized carbons (Fsp3) is 0.586. The normalized spacial score (nSPS) is 18.2. The maximum Gasteiger partial charge on any atom is 0.246 e. The minimum absolute atomic E-state index is 0.0451. The third-order valence-electron chi connectivity index (χ3n) is 7.02. The van der Waals surface area contributed by atoms with Crippen molar-refractivity contribution in [3.05, 3.63) is 41.0 Å². The summed E-state index contributed by atoms with van der Waals surface area (Å²) in [5.41, 5.74) is 4.20. The molecule has 4 N–H and O–H groups in total. The average molecular weight is 559 g/mol. The number of benzene rings is 1. The van der Waals surface area contributed by atoms with Gasteiger partial charge in [0.15, 0.2) is 0 Å². The number of aliphatic hydroxyl groups is 2. The summed E-state index contributed by atoms with van der Waals surface area (Å²) in [5.74, 6) is -0.910. The van der Waals surface area contributed by atoms with Gasteiger partial charge in [-0.15, -0.1) is 11.3 Å². The summed E-state index contributed by atoms with van der Waals surface area (Å²) in [7, 11) is 0. The number of nitrogens with zero attached hydrogens (tertiary/aromatic N) is 2. The number of likely N-dealkylation sites (tertiary alicyclic amines) is 1. The molecule has 214 valence electrons. The monoisotopic (exact) mass is 558 g/mol. The second-order valence-electron chi connectivity index (χ2n) is 11.3. The van der Waals surface area contributed by atoms with Crippen LogP contribution < -0.4 is 10.6 Å². The van der Waals surface area contributed by atoms with Gasteiger partial charge in [-0.2, -0.15) is 0 Å². The largest absolute Gasteiger partial charge is 0.396 e. The van der Waals surface area contributed by atoms with E-state index < -0.39 is 23.6 Å². The molecule has 0 radical (unpaired) electrons. The minimum Gasteiger partial charge on any atom is -0.396 e. The lowest BCUT2D eigenvalue weighted by Gasteiger charge is -2.35. The average Bonchev–Trinajstić information content (AvgIpc) is 3.50. The van der Waals surface area contributed by atoms with E-state index in [4.69, 9.17) is 5.11 Å². The lowest BCUT2D eigenvalue weighted by molar-refractivity contribution is -0.144. The first-order chi connectivity index (χ1) is 18.5. The van der Waals surface area contributed by atoms with Crippen LogP contribution in [0.4, 0.5) is 0 Å². The molecule has 39 heavy (non-hydrogen) atoms. The molecule has 1 aliphatic heterocycles. The predicted molar refractivity (Wildman–Crippen MR) is 152 cm³/mol. The number of carbonyl (C=O) groups excluding carboxylic acids is 3. The SMILES string of the molecule is Cc1ncsc1-c1ccc(CNC(=O)[C@@H]2C[C@@H](O)CN2C(=O)[C@@H](NC(=O)CCCCCCO)C(C)(C)C)cc1. The van der Waals surface area contributed by atoms with Crippen molar-refractivity contribution in [1.82, 2.24) is 20.5 Å². The first-order valence-corrected chi connectivity index (χ1v) is 14.5.